The number of carbonyl (C=O) groups is 2. The van der Waals surface area contributed by atoms with Crippen molar-refractivity contribution < 1.29 is 19.1 Å². The molecule has 27 heavy (non-hydrogen) atoms. The summed E-state index contributed by atoms with van der Waals surface area (Å²) in [7, 11) is 0. The third kappa shape index (κ3) is 6.33. The first-order valence-electron chi connectivity index (χ1n) is 9.08. The molecular weight excluding hydrogens is 344 g/mol. The first-order chi connectivity index (χ1) is 13.0. The fourth-order valence-electron chi connectivity index (χ4n) is 2.22. The van der Waals surface area contributed by atoms with E-state index in [1.165, 1.54) is 0 Å². The van der Waals surface area contributed by atoms with Gasteiger partial charge in [0.1, 0.15) is 18.1 Å². The fourth-order valence-corrected chi connectivity index (χ4v) is 2.22. The molecular formula is C21H26N2O4. The van der Waals surface area contributed by atoms with Gasteiger partial charge < -0.3 is 9.47 Å². The highest BCUT2D eigenvalue weighted by atomic mass is 16.5. The Hall–Kier alpha value is -3.02. The number of carbonyl (C=O) groups excluding carboxylic acids is 2. The molecule has 0 aliphatic heterocycles. The molecule has 6 nitrogen and oxygen atoms in total. The predicted molar refractivity (Wildman–Crippen MR) is 103 cm³/mol. The molecule has 0 aromatic heterocycles. The van der Waals surface area contributed by atoms with Gasteiger partial charge in [-0.3, -0.25) is 20.4 Å². The minimum absolute atomic E-state index is 0.146. The van der Waals surface area contributed by atoms with Crippen molar-refractivity contribution >= 4 is 11.8 Å². The predicted octanol–water partition coefficient (Wildman–Crippen LogP) is 3.47. The van der Waals surface area contributed by atoms with Crippen molar-refractivity contribution in [1.29, 1.82) is 0 Å². The van der Waals surface area contributed by atoms with E-state index < -0.39 is 0 Å². The molecule has 0 saturated carbocycles. The molecule has 0 unspecified atom stereocenters. The monoisotopic (exact) mass is 370 g/mol. The summed E-state index contributed by atoms with van der Waals surface area (Å²) in [5, 5.41) is 0. The number of ether oxygens (including phenoxy) is 2. The van der Waals surface area contributed by atoms with Crippen molar-refractivity contribution in [3.8, 4) is 11.5 Å². The largest absolute Gasteiger partial charge is 0.494 e. The first-order valence-corrected chi connectivity index (χ1v) is 9.08. The van der Waals surface area contributed by atoms with Gasteiger partial charge in [0, 0.05) is 11.5 Å². The lowest BCUT2D eigenvalue weighted by Gasteiger charge is -2.11. The number of rotatable bonds is 8. The fraction of sp³-hybridized carbons (Fsp3) is 0.333. The van der Waals surface area contributed by atoms with Crippen LogP contribution in [-0.4, -0.2) is 18.4 Å². The third-order valence-electron chi connectivity index (χ3n) is 4.12. The van der Waals surface area contributed by atoms with Gasteiger partial charge in [-0.2, -0.15) is 0 Å². The van der Waals surface area contributed by atoms with E-state index in [4.69, 9.17) is 9.47 Å². The van der Waals surface area contributed by atoms with Gasteiger partial charge in [0.05, 0.1) is 6.61 Å². The average Bonchev–Trinajstić information content (AvgIpc) is 2.71. The van der Waals surface area contributed by atoms with E-state index in [9.17, 15) is 9.59 Å². The van der Waals surface area contributed by atoms with Crippen LogP contribution in [0.3, 0.4) is 0 Å². The lowest BCUT2D eigenvalue weighted by atomic mass is 10.1. The van der Waals surface area contributed by atoms with Gasteiger partial charge >= 0.3 is 0 Å². The molecule has 0 aliphatic carbocycles. The van der Waals surface area contributed by atoms with Crippen molar-refractivity contribution in [2.75, 3.05) is 6.61 Å². The van der Waals surface area contributed by atoms with Crippen LogP contribution < -0.4 is 20.3 Å². The van der Waals surface area contributed by atoms with Crippen LogP contribution in [0.25, 0.3) is 0 Å². The summed E-state index contributed by atoms with van der Waals surface area (Å²) >= 11 is 0. The quantitative estimate of drug-likeness (QED) is 0.698. The number of hydrogen-bond acceptors (Lipinski definition) is 4. The van der Waals surface area contributed by atoms with Crippen molar-refractivity contribution in [3.05, 3.63) is 59.7 Å². The van der Waals surface area contributed by atoms with E-state index in [2.05, 4.69) is 10.9 Å². The summed E-state index contributed by atoms with van der Waals surface area (Å²) in [5.41, 5.74) is 6.25. The van der Waals surface area contributed by atoms with Crippen molar-refractivity contribution in [2.45, 2.75) is 33.8 Å². The summed E-state index contributed by atoms with van der Waals surface area (Å²) < 4.78 is 11.1. The average molecular weight is 370 g/mol. The zero-order valence-electron chi connectivity index (χ0n) is 16.0. The summed E-state index contributed by atoms with van der Waals surface area (Å²) in [4.78, 5) is 23.8. The van der Waals surface area contributed by atoms with Crippen LogP contribution >= 0.6 is 0 Å². The molecule has 0 radical (unpaired) electrons. The van der Waals surface area contributed by atoms with Crippen LogP contribution in [0.15, 0.2) is 48.5 Å². The molecule has 0 heterocycles. The van der Waals surface area contributed by atoms with Crippen molar-refractivity contribution in [2.24, 2.45) is 5.92 Å². The Labute approximate surface area is 159 Å². The SMILES string of the molecule is CCOc1ccc(OCc2ccc(C(=O)NNC(=O)[C@@H](C)CC)cc2)cc1. The summed E-state index contributed by atoms with van der Waals surface area (Å²) in [6.45, 7) is 6.68. The molecule has 2 aromatic carbocycles. The molecule has 0 spiro atoms. The van der Waals surface area contributed by atoms with Crippen LogP contribution in [0, 0.1) is 5.92 Å². The zero-order chi connectivity index (χ0) is 19.6. The molecule has 144 valence electrons. The topological polar surface area (TPSA) is 76.7 Å². The zero-order valence-corrected chi connectivity index (χ0v) is 16.0. The lowest BCUT2D eigenvalue weighted by Crippen LogP contribution is -2.43. The minimum atomic E-state index is -0.356. The number of hydrazine groups is 1. The molecule has 2 rings (SSSR count). The molecule has 1 atom stereocenters. The summed E-state index contributed by atoms with van der Waals surface area (Å²) in [5.74, 6) is 0.845. The van der Waals surface area contributed by atoms with Gasteiger partial charge in [0.15, 0.2) is 0 Å². The second kappa shape index (κ2) is 10.2. The maximum absolute atomic E-state index is 12.1. The Balaban J connectivity index is 1.83. The third-order valence-corrected chi connectivity index (χ3v) is 4.12. The lowest BCUT2D eigenvalue weighted by molar-refractivity contribution is -0.125. The number of hydrogen-bond donors (Lipinski definition) is 2. The summed E-state index contributed by atoms with van der Waals surface area (Å²) in [6.07, 6.45) is 0.713. The number of nitrogens with one attached hydrogen (secondary N) is 2. The molecule has 2 aromatic rings. The highest BCUT2D eigenvalue weighted by molar-refractivity contribution is 5.95. The molecule has 0 aliphatic rings. The second-order valence-corrected chi connectivity index (χ2v) is 6.14. The Morgan fingerprint density at radius 2 is 1.48 bits per heavy atom. The van der Waals surface area contributed by atoms with Crippen LogP contribution in [0.2, 0.25) is 0 Å². The first kappa shape index (κ1) is 20.3. The van der Waals surface area contributed by atoms with Crippen molar-refractivity contribution in [3.63, 3.8) is 0 Å². The highest BCUT2D eigenvalue weighted by Gasteiger charge is 2.12. The van der Waals surface area contributed by atoms with Crippen LogP contribution in [0.4, 0.5) is 0 Å². The maximum atomic E-state index is 12.1. The van der Waals surface area contributed by atoms with E-state index in [1.807, 2.05) is 50.2 Å². The van der Waals surface area contributed by atoms with Gasteiger partial charge in [-0.1, -0.05) is 26.0 Å². The van der Waals surface area contributed by atoms with Crippen LogP contribution in [-0.2, 0) is 11.4 Å². The Morgan fingerprint density at radius 1 is 0.889 bits per heavy atom. The second-order valence-electron chi connectivity index (χ2n) is 6.14. The van der Waals surface area contributed by atoms with E-state index in [0.717, 1.165) is 17.1 Å². The van der Waals surface area contributed by atoms with Crippen LogP contribution in [0.1, 0.15) is 43.1 Å². The van der Waals surface area contributed by atoms with Gasteiger partial charge in [0.25, 0.3) is 5.91 Å². The number of benzene rings is 2. The molecule has 0 fully saturated rings. The summed E-state index contributed by atoms with van der Waals surface area (Å²) in [6, 6.07) is 14.5. The van der Waals surface area contributed by atoms with E-state index in [0.29, 0.717) is 25.2 Å². The standard InChI is InChI=1S/C21H26N2O4/c1-4-15(3)20(24)22-23-21(25)17-8-6-16(7-9-17)14-27-19-12-10-18(11-13-19)26-5-2/h6-13,15H,4-5,14H2,1-3H3,(H,22,24)(H,23,25)/t15-/m0/s1. The highest BCUT2D eigenvalue weighted by Crippen LogP contribution is 2.18. The Morgan fingerprint density at radius 3 is 2.04 bits per heavy atom. The van der Waals surface area contributed by atoms with Gasteiger partial charge in [-0.15, -0.1) is 0 Å². The molecule has 2 amide bonds. The van der Waals surface area contributed by atoms with E-state index in [-0.39, 0.29) is 17.7 Å². The Bertz CT molecular complexity index is 742. The Kier molecular flexibility index (Phi) is 7.67. The molecule has 6 heteroatoms. The minimum Gasteiger partial charge on any atom is -0.494 e. The van der Waals surface area contributed by atoms with E-state index in [1.54, 1.807) is 19.1 Å². The van der Waals surface area contributed by atoms with Crippen LogP contribution in [0.5, 0.6) is 11.5 Å². The smallest absolute Gasteiger partial charge is 0.269 e. The molecule has 0 saturated heterocycles. The van der Waals surface area contributed by atoms with E-state index >= 15 is 0 Å². The number of amides is 2. The molecule has 2 N–H and O–H groups in total. The van der Waals surface area contributed by atoms with Gasteiger partial charge in [-0.05, 0) is 55.3 Å². The van der Waals surface area contributed by atoms with Crippen molar-refractivity contribution in [1.82, 2.24) is 10.9 Å². The maximum Gasteiger partial charge on any atom is 0.269 e. The van der Waals surface area contributed by atoms with Gasteiger partial charge in [0.2, 0.25) is 5.91 Å². The molecule has 0 bridgehead atoms. The normalized spacial score (nSPS) is 11.4. The van der Waals surface area contributed by atoms with Gasteiger partial charge in [-0.25, -0.2) is 0 Å².